The summed E-state index contributed by atoms with van der Waals surface area (Å²) in [7, 11) is 0. The Kier molecular flexibility index (Phi) is 2.85. The molecule has 0 fully saturated rings. The third-order valence-corrected chi connectivity index (χ3v) is 3.32. The highest BCUT2D eigenvalue weighted by Gasteiger charge is 2.18. The first-order valence-corrected chi connectivity index (χ1v) is 5.91. The summed E-state index contributed by atoms with van der Waals surface area (Å²) >= 11 is 2.71. The smallest absolute Gasteiger partial charge is 0.134 e. The molecular formula is C8H9N3OS2. The fourth-order valence-corrected chi connectivity index (χ4v) is 2.47. The van der Waals surface area contributed by atoms with Crippen molar-refractivity contribution in [3.63, 3.8) is 0 Å². The van der Waals surface area contributed by atoms with Gasteiger partial charge >= 0.3 is 0 Å². The third kappa shape index (κ3) is 1.68. The van der Waals surface area contributed by atoms with Gasteiger partial charge in [0.1, 0.15) is 6.10 Å². The Bertz CT molecular complexity index is 398. The van der Waals surface area contributed by atoms with E-state index in [1.54, 1.807) is 5.51 Å². The molecule has 0 aliphatic carbocycles. The highest BCUT2D eigenvalue weighted by molar-refractivity contribution is 7.07. The van der Waals surface area contributed by atoms with E-state index in [1.807, 2.05) is 12.3 Å². The molecular weight excluding hydrogens is 218 g/mol. The van der Waals surface area contributed by atoms with Gasteiger partial charge in [-0.15, -0.1) is 16.4 Å². The number of nitrogens with zero attached hydrogens (tertiary/aromatic N) is 3. The van der Waals surface area contributed by atoms with E-state index in [0.717, 1.165) is 17.0 Å². The first-order chi connectivity index (χ1) is 6.83. The molecule has 1 atom stereocenters. The molecule has 74 valence electrons. The van der Waals surface area contributed by atoms with Crippen LogP contribution < -0.4 is 0 Å². The van der Waals surface area contributed by atoms with Gasteiger partial charge in [0.15, 0.2) is 0 Å². The predicted molar refractivity (Wildman–Crippen MR) is 55.5 cm³/mol. The van der Waals surface area contributed by atoms with Crippen molar-refractivity contribution in [3.05, 3.63) is 27.2 Å². The standard InChI is InChI=1S/C8H9N3OS2/c1-2-5-8(14-11-10-5)7(12)6-3-13-4-9-6/h3-4,7,12H,2H2,1H3. The van der Waals surface area contributed by atoms with Crippen LogP contribution in [-0.2, 0) is 6.42 Å². The van der Waals surface area contributed by atoms with Gasteiger partial charge in [-0.05, 0) is 18.0 Å². The second-order valence-electron chi connectivity index (χ2n) is 2.75. The van der Waals surface area contributed by atoms with Gasteiger partial charge in [0.05, 0.1) is 21.8 Å². The van der Waals surface area contributed by atoms with Crippen LogP contribution in [0.25, 0.3) is 0 Å². The Labute approximate surface area is 89.4 Å². The van der Waals surface area contributed by atoms with Crippen molar-refractivity contribution < 1.29 is 5.11 Å². The van der Waals surface area contributed by atoms with E-state index in [1.165, 1.54) is 22.9 Å². The van der Waals surface area contributed by atoms with E-state index in [2.05, 4.69) is 14.6 Å². The Hall–Kier alpha value is -0.850. The number of aryl methyl sites for hydroxylation is 1. The topological polar surface area (TPSA) is 58.9 Å². The normalized spacial score (nSPS) is 13.0. The van der Waals surface area contributed by atoms with Gasteiger partial charge in [0.25, 0.3) is 0 Å². The summed E-state index contributed by atoms with van der Waals surface area (Å²) in [6, 6.07) is 0. The van der Waals surface area contributed by atoms with Crippen molar-refractivity contribution in [1.82, 2.24) is 14.6 Å². The molecule has 0 aliphatic rings. The summed E-state index contributed by atoms with van der Waals surface area (Å²) in [5.41, 5.74) is 3.24. The lowest BCUT2D eigenvalue weighted by Crippen LogP contribution is -2.00. The van der Waals surface area contributed by atoms with Crippen molar-refractivity contribution in [1.29, 1.82) is 0 Å². The van der Waals surface area contributed by atoms with Crippen LogP contribution in [0.3, 0.4) is 0 Å². The van der Waals surface area contributed by atoms with E-state index in [9.17, 15) is 5.11 Å². The maximum Gasteiger partial charge on any atom is 0.134 e. The first-order valence-electron chi connectivity index (χ1n) is 4.20. The molecule has 0 aliphatic heterocycles. The lowest BCUT2D eigenvalue weighted by atomic mass is 10.2. The average molecular weight is 227 g/mol. The van der Waals surface area contributed by atoms with Crippen LogP contribution in [0, 0.1) is 0 Å². The van der Waals surface area contributed by atoms with Crippen LogP contribution in [-0.4, -0.2) is 19.7 Å². The Morgan fingerprint density at radius 2 is 2.43 bits per heavy atom. The highest BCUT2D eigenvalue weighted by Crippen LogP contribution is 2.26. The van der Waals surface area contributed by atoms with Crippen LogP contribution in [0.1, 0.15) is 29.3 Å². The van der Waals surface area contributed by atoms with Gasteiger partial charge in [0.2, 0.25) is 0 Å². The average Bonchev–Trinajstić information content (AvgIpc) is 2.87. The number of aliphatic hydroxyl groups is 1. The van der Waals surface area contributed by atoms with Gasteiger partial charge in [-0.3, -0.25) is 0 Å². The molecule has 0 amide bonds. The van der Waals surface area contributed by atoms with E-state index < -0.39 is 6.10 Å². The van der Waals surface area contributed by atoms with Crippen LogP contribution in [0.4, 0.5) is 0 Å². The zero-order valence-electron chi connectivity index (χ0n) is 7.54. The zero-order chi connectivity index (χ0) is 9.97. The van der Waals surface area contributed by atoms with Crippen molar-refractivity contribution in [2.45, 2.75) is 19.4 Å². The quantitative estimate of drug-likeness (QED) is 0.866. The van der Waals surface area contributed by atoms with Gasteiger partial charge in [-0.1, -0.05) is 11.4 Å². The monoisotopic (exact) mass is 227 g/mol. The van der Waals surface area contributed by atoms with Crippen LogP contribution in [0.15, 0.2) is 10.9 Å². The van der Waals surface area contributed by atoms with Gasteiger partial charge in [-0.2, -0.15) is 0 Å². The lowest BCUT2D eigenvalue weighted by molar-refractivity contribution is 0.218. The molecule has 6 heteroatoms. The van der Waals surface area contributed by atoms with Crippen LogP contribution in [0.5, 0.6) is 0 Å². The second-order valence-corrected chi connectivity index (χ2v) is 4.26. The van der Waals surface area contributed by atoms with E-state index in [-0.39, 0.29) is 0 Å². The molecule has 0 bridgehead atoms. The minimum Gasteiger partial charge on any atom is -0.381 e. The molecule has 2 aromatic heterocycles. The number of hydrogen-bond donors (Lipinski definition) is 1. The summed E-state index contributed by atoms with van der Waals surface area (Å²) in [5, 5.41) is 15.7. The van der Waals surface area contributed by atoms with Crippen molar-refractivity contribution >= 4 is 22.9 Å². The fraction of sp³-hybridized carbons (Fsp3) is 0.375. The molecule has 0 saturated carbocycles. The number of thiazole rings is 1. The SMILES string of the molecule is CCc1nnsc1C(O)c1cscn1. The molecule has 2 rings (SSSR count). The molecule has 2 aromatic rings. The van der Waals surface area contributed by atoms with Gasteiger partial charge < -0.3 is 5.11 Å². The van der Waals surface area contributed by atoms with Gasteiger partial charge in [-0.25, -0.2) is 4.98 Å². The lowest BCUT2D eigenvalue weighted by Gasteiger charge is -2.04. The number of aromatic nitrogens is 3. The minimum absolute atomic E-state index is 0.670. The molecule has 1 unspecified atom stereocenters. The first kappa shape index (κ1) is 9.70. The minimum atomic E-state index is -0.670. The molecule has 0 spiro atoms. The Morgan fingerprint density at radius 3 is 3.07 bits per heavy atom. The van der Waals surface area contributed by atoms with E-state index >= 15 is 0 Å². The number of aliphatic hydroxyl groups excluding tert-OH is 1. The zero-order valence-corrected chi connectivity index (χ0v) is 9.18. The molecule has 0 saturated heterocycles. The largest absolute Gasteiger partial charge is 0.381 e. The fourth-order valence-electron chi connectivity index (χ4n) is 1.16. The second kappa shape index (κ2) is 4.12. The number of rotatable bonds is 3. The van der Waals surface area contributed by atoms with E-state index in [4.69, 9.17) is 0 Å². The molecule has 4 nitrogen and oxygen atoms in total. The third-order valence-electron chi connectivity index (χ3n) is 1.90. The van der Waals surface area contributed by atoms with Crippen molar-refractivity contribution in [2.24, 2.45) is 0 Å². The Balaban J connectivity index is 2.31. The highest BCUT2D eigenvalue weighted by atomic mass is 32.1. The molecule has 14 heavy (non-hydrogen) atoms. The summed E-state index contributed by atoms with van der Waals surface area (Å²) in [4.78, 5) is 4.87. The maximum absolute atomic E-state index is 9.96. The Morgan fingerprint density at radius 1 is 1.57 bits per heavy atom. The summed E-state index contributed by atoms with van der Waals surface area (Å²) < 4.78 is 3.83. The van der Waals surface area contributed by atoms with Crippen molar-refractivity contribution in [2.75, 3.05) is 0 Å². The van der Waals surface area contributed by atoms with Gasteiger partial charge in [0, 0.05) is 5.38 Å². The summed E-state index contributed by atoms with van der Waals surface area (Å²) in [6.45, 7) is 1.99. The van der Waals surface area contributed by atoms with Crippen LogP contribution >= 0.6 is 22.9 Å². The van der Waals surface area contributed by atoms with E-state index in [0.29, 0.717) is 5.69 Å². The van der Waals surface area contributed by atoms with Crippen LogP contribution in [0.2, 0.25) is 0 Å². The summed E-state index contributed by atoms with van der Waals surface area (Å²) in [5.74, 6) is 0. The summed E-state index contributed by atoms with van der Waals surface area (Å²) in [6.07, 6.45) is 0.115. The molecule has 1 N–H and O–H groups in total. The molecule has 0 radical (unpaired) electrons. The molecule has 2 heterocycles. The maximum atomic E-state index is 9.96. The molecule has 0 aromatic carbocycles. The number of hydrogen-bond acceptors (Lipinski definition) is 6. The predicted octanol–water partition coefficient (Wildman–Crippen LogP) is 1.64. The van der Waals surface area contributed by atoms with Crippen molar-refractivity contribution in [3.8, 4) is 0 Å².